The van der Waals surface area contributed by atoms with Crippen LogP contribution in [0.3, 0.4) is 0 Å². The van der Waals surface area contributed by atoms with Crippen LogP contribution in [0.4, 0.5) is 24.7 Å². The molecule has 7 heteroatoms. The van der Waals surface area contributed by atoms with E-state index in [9.17, 15) is 13.2 Å². The molecule has 2 aromatic rings. The van der Waals surface area contributed by atoms with Crippen molar-refractivity contribution in [1.29, 1.82) is 5.26 Å². The van der Waals surface area contributed by atoms with E-state index in [4.69, 9.17) is 16.9 Å². The van der Waals surface area contributed by atoms with Gasteiger partial charge in [0.25, 0.3) is 0 Å². The molecule has 3 nitrogen and oxygen atoms in total. The second-order valence-corrected chi connectivity index (χ2v) is 4.24. The van der Waals surface area contributed by atoms with E-state index in [0.717, 1.165) is 12.1 Å². The molecule has 2 rings (SSSR count). The molecule has 0 unspecified atom stereocenters. The summed E-state index contributed by atoms with van der Waals surface area (Å²) in [6.07, 6.45) is -4.44. The summed E-state index contributed by atoms with van der Waals surface area (Å²) >= 11 is 5.80. The minimum Gasteiger partial charge on any atom is -0.339 e. The van der Waals surface area contributed by atoms with Gasteiger partial charge in [-0.1, -0.05) is 17.7 Å². The lowest BCUT2D eigenvalue weighted by atomic mass is 10.2. The van der Waals surface area contributed by atoms with E-state index in [0.29, 0.717) is 5.82 Å². The number of nitrogens with one attached hydrogen (secondary N) is 1. The number of hydrogen-bond donors (Lipinski definition) is 1. The summed E-state index contributed by atoms with van der Waals surface area (Å²) in [5.74, 6) is 0.325. The molecule has 1 N–H and O–H groups in total. The molecular weight excluding hydrogens is 291 g/mol. The van der Waals surface area contributed by atoms with Gasteiger partial charge in [0.2, 0.25) is 0 Å². The van der Waals surface area contributed by atoms with Crippen molar-refractivity contribution < 1.29 is 13.2 Å². The van der Waals surface area contributed by atoms with Crippen molar-refractivity contribution >= 4 is 23.1 Å². The fourth-order valence-electron chi connectivity index (χ4n) is 1.50. The zero-order valence-corrected chi connectivity index (χ0v) is 10.6. The number of anilines is 2. The van der Waals surface area contributed by atoms with Gasteiger partial charge >= 0.3 is 6.18 Å². The van der Waals surface area contributed by atoms with Crippen LogP contribution in [-0.4, -0.2) is 4.98 Å². The van der Waals surface area contributed by atoms with E-state index in [2.05, 4.69) is 10.3 Å². The van der Waals surface area contributed by atoms with Gasteiger partial charge < -0.3 is 5.32 Å². The SMILES string of the molecule is N#Cc1cccc(Nc2ccc(C(F)(F)F)cc2Cl)n1. The maximum absolute atomic E-state index is 12.5. The third kappa shape index (κ3) is 3.19. The first-order chi connectivity index (χ1) is 9.40. The molecule has 0 fully saturated rings. The molecule has 0 saturated heterocycles. The Hall–Kier alpha value is -2.26. The average molecular weight is 298 g/mol. The van der Waals surface area contributed by atoms with Crippen molar-refractivity contribution in [3.05, 3.63) is 52.7 Å². The highest BCUT2D eigenvalue weighted by Gasteiger charge is 2.30. The molecule has 0 aliphatic heterocycles. The quantitative estimate of drug-likeness (QED) is 0.895. The molecule has 102 valence electrons. The lowest BCUT2D eigenvalue weighted by Crippen LogP contribution is -2.05. The van der Waals surface area contributed by atoms with Crippen molar-refractivity contribution in [2.24, 2.45) is 0 Å². The lowest BCUT2D eigenvalue weighted by molar-refractivity contribution is -0.137. The Balaban J connectivity index is 2.28. The molecule has 0 radical (unpaired) electrons. The van der Waals surface area contributed by atoms with Crippen LogP contribution in [0.1, 0.15) is 11.3 Å². The van der Waals surface area contributed by atoms with Gasteiger partial charge in [0.1, 0.15) is 17.6 Å². The monoisotopic (exact) mass is 297 g/mol. The molecule has 1 aromatic carbocycles. The second-order valence-electron chi connectivity index (χ2n) is 3.84. The minimum atomic E-state index is -4.44. The molecule has 0 aliphatic rings. The van der Waals surface area contributed by atoms with Crippen LogP contribution in [0.2, 0.25) is 5.02 Å². The maximum atomic E-state index is 12.5. The standard InChI is InChI=1S/C13H7ClF3N3/c14-10-6-8(13(15,16)17)4-5-11(10)20-12-3-1-2-9(7-18)19-12/h1-6H,(H,19,20). The van der Waals surface area contributed by atoms with Crippen LogP contribution in [0.15, 0.2) is 36.4 Å². The molecular formula is C13H7ClF3N3. The van der Waals surface area contributed by atoms with Gasteiger partial charge in [0.05, 0.1) is 16.3 Å². The number of hydrogen-bond acceptors (Lipinski definition) is 3. The summed E-state index contributed by atoms with van der Waals surface area (Å²) in [5.41, 5.74) is -0.355. The van der Waals surface area contributed by atoms with Gasteiger partial charge in [-0.15, -0.1) is 0 Å². The van der Waals surface area contributed by atoms with E-state index < -0.39 is 11.7 Å². The van der Waals surface area contributed by atoms with E-state index in [1.165, 1.54) is 12.1 Å². The zero-order valence-electron chi connectivity index (χ0n) is 9.87. The number of pyridine rings is 1. The van der Waals surface area contributed by atoms with E-state index >= 15 is 0 Å². The van der Waals surface area contributed by atoms with Gasteiger partial charge in [-0.2, -0.15) is 18.4 Å². The van der Waals surface area contributed by atoms with Gasteiger partial charge in [-0.05, 0) is 30.3 Å². The summed E-state index contributed by atoms with van der Waals surface area (Å²) in [4.78, 5) is 3.95. The summed E-state index contributed by atoms with van der Waals surface area (Å²) < 4.78 is 37.5. The van der Waals surface area contributed by atoms with Crippen LogP contribution >= 0.6 is 11.6 Å². The van der Waals surface area contributed by atoms with E-state index in [-0.39, 0.29) is 16.4 Å². The molecule has 0 saturated carbocycles. The molecule has 0 bridgehead atoms. The third-order valence-electron chi connectivity index (χ3n) is 2.42. The van der Waals surface area contributed by atoms with Gasteiger partial charge in [-0.25, -0.2) is 4.98 Å². The number of nitrogens with zero attached hydrogens (tertiary/aromatic N) is 2. The Morgan fingerprint density at radius 3 is 2.55 bits per heavy atom. The molecule has 0 spiro atoms. The largest absolute Gasteiger partial charge is 0.416 e. The molecule has 0 amide bonds. The summed E-state index contributed by atoms with van der Waals surface area (Å²) in [7, 11) is 0. The number of nitriles is 1. The van der Waals surface area contributed by atoms with Crippen LogP contribution in [0.5, 0.6) is 0 Å². The predicted octanol–water partition coefficient (Wildman–Crippen LogP) is 4.37. The smallest absolute Gasteiger partial charge is 0.339 e. The van der Waals surface area contributed by atoms with E-state index in [1.54, 1.807) is 12.1 Å². The van der Waals surface area contributed by atoms with Gasteiger partial charge in [-0.3, -0.25) is 0 Å². The van der Waals surface area contributed by atoms with Crippen molar-refractivity contribution in [3.63, 3.8) is 0 Å². The zero-order chi connectivity index (χ0) is 14.8. The van der Waals surface area contributed by atoms with Crippen LogP contribution in [0.25, 0.3) is 0 Å². The first-order valence-corrected chi connectivity index (χ1v) is 5.79. The fraction of sp³-hybridized carbons (Fsp3) is 0.0769. The van der Waals surface area contributed by atoms with Crippen LogP contribution in [-0.2, 0) is 6.18 Å². The first kappa shape index (κ1) is 14.2. The Morgan fingerprint density at radius 2 is 1.95 bits per heavy atom. The van der Waals surface area contributed by atoms with Crippen molar-refractivity contribution in [2.75, 3.05) is 5.32 Å². The molecule has 20 heavy (non-hydrogen) atoms. The molecule has 0 aliphatic carbocycles. The number of aromatic nitrogens is 1. The highest BCUT2D eigenvalue weighted by molar-refractivity contribution is 6.33. The molecule has 1 heterocycles. The Kier molecular flexibility index (Phi) is 3.81. The predicted molar refractivity (Wildman–Crippen MR) is 68.7 cm³/mol. The highest BCUT2D eigenvalue weighted by atomic mass is 35.5. The number of alkyl halides is 3. The molecule has 1 aromatic heterocycles. The van der Waals surface area contributed by atoms with E-state index in [1.807, 2.05) is 6.07 Å². The summed E-state index contributed by atoms with van der Waals surface area (Å²) in [5, 5.41) is 11.4. The summed E-state index contributed by atoms with van der Waals surface area (Å²) in [6, 6.07) is 9.52. The number of rotatable bonds is 2. The van der Waals surface area contributed by atoms with Gasteiger partial charge in [0, 0.05) is 0 Å². The van der Waals surface area contributed by atoms with Crippen molar-refractivity contribution in [3.8, 4) is 6.07 Å². The average Bonchev–Trinajstić information content (AvgIpc) is 2.40. The number of halogens is 4. The Labute approximate surface area is 117 Å². The minimum absolute atomic E-state index is 0.0796. The van der Waals surface area contributed by atoms with Crippen molar-refractivity contribution in [2.45, 2.75) is 6.18 Å². The maximum Gasteiger partial charge on any atom is 0.416 e. The fourth-order valence-corrected chi connectivity index (χ4v) is 1.73. The van der Waals surface area contributed by atoms with Crippen LogP contribution in [0, 0.1) is 11.3 Å². The summed E-state index contributed by atoms with van der Waals surface area (Å²) in [6.45, 7) is 0. The van der Waals surface area contributed by atoms with Crippen molar-refractivity contribution in [1.82, 2.24) is 4.98 Å². The van der Waals surface area contributed by atoms with Gasteiger partial charge in [0.15, 0.2) is 0 Å². The Bertz CT molecular complexity index is 677. The highest BCUT2D eigenvalue weighted by Crippen LogP contribution is 2.34. The third-order valence-corrected chi connectivity index (χ3v) is 2.74. The first-order valence-electron chi connectivity index (χ1n) is 5.41. The molecule has 0 atom stereocenters. The van der Waals surface area contributed by atoms with Crippen LogP contribution < -0.4 is 5.32 Å². The Morgan fingerprint density at radius 1 is 1.20 bits per heavy atom. The number of benzene rings is 1. The topological polar surface area (TPSA) is 48.7 Å². The normalized spacial score (nSPS) is 10.9. The second kappa shape index (κ2) is 5.39. The lowest BCUT2D eigenvalue weighted by Gasteiger charge is -2.11.